The first-order valence-electron chi connectivity index (χ1n) is 7.45. The molecule has 2 aromatic carbocycles. The molecule has 3 nitrogen and oxygen atoms in total. The van der Waals surface area contributed by atoms with Crippen LogP contribution in [0.3, 0.4) is 0 Å². The van der Waals surface area contributed by atoms with Crippen molar-refractivity contribution in [1.82, 2.24) is 10.2 Å². The van der Waals surface area contributed by atoms with E-state index in [-0.39, 0.29) is 11.9 Å². The summed E-state index contributed by atoms with van der Waals surface area (Å²) >= 11 is 6.10. The number of hydrogen-bond acceptors (Lipinski definition) is 2. The molecule has 3 rings (SSSR count). The molecule has 1 unspecified atom stereocenters. The summed E-state index contributed by atoms with van der Waals surface area (Å²) in [7, 11) is 1.80. The Morgan fingerprint density at radius 3 is 2.73 bits per heavy atom. The van der Waals surface area contributed by atoms with Crippen molar-refractivity contribution in [2.45, 2.75) is 19.0 Å². The normalized spacial score (nSPS) is 17.2. The smallest absolute Gasteiger partial charge is 0.237 e. The quantitative estimate of drug-likeness (QED) is 0.943. The summed E-state index contributed by atoms with van der Waals surface area (Å²) in [5, 5.41) is 3.68. The van der Waals surface area contributed by atoms with Crippen LogP contribution in [0.2, 0.25) is 5.02 Å². The van der Waals surface area contributed by atoms with Crippen LogP contribution in [0.4, 0.5) is 0 Å². The Labute approximate surface area is 135 Å². The van der Waals surface area contributed by atoms with Crippen LogP contribution in [0, 0.1) is 0 Å². The molecule has 0 aromatic heterocycles. The van der Waals surface area contributed by atoms with Gasteiger partial charge in [0.05, 0.1) is 12.6 Å². The van der Waals surface area contributed by atoms with Gasteiger partial charge in [-0.25, -0.2) is 0 Å². The highest BCUT2D eigenvalue weighted by Gasteiger charge is 2.30. The number of fused-ring (bicyclic) bond motifs is 1. The second kappa shape index (κ2) is 6.51. The first-order chi connectivity index (χ1) is 10.7. The Morgan fingerprint density at radius 1 is 1.23 bits per heavy atom. The Kier molecular flexibility index (Phi) is 4.46. The Morgan fingerprint density at radius 2 is 2.00 bits per heavy atom. The standard InChI is InChI=1S/C18H19ClN2O/c1-20-11-18(22)21-12-15-9-16(19)8-7-14(15)10-17(21)13-5-3-2-4-6-13/h2-9,17,20H,10-12H2,1H3. The minimum Gasteiger partial charge on any atom is -0.330 e. The lowest BCUT2D eigenvalue weighted by molar-refractivity contribution is -0.133. The molecular weight excluding hydrogens is 296 g/mol. The molecule has 0 aliphatic carbocycles. The molecule has 114 valence electrons. The number of rotatable bonds is 3. The Bertz CT molecular complexity index is 672. The highest BCUT2D eigenvalue weighted by atomic mass is 35.5. The molecule has 0 bridgehead atoms. The molecule has 0 radical (unpaired) electrons. The number of hydrogen-bond donors (Lipinski definition) is 1. The lowest BCUT2D eigenvalue weighted by Crippen LogP contribution is -2.42. The summed E-state index contributed by atoms with van der Waals surface area (Å²) in [6.45, 7) is 0.954. The largest absolute Gasteiger partial charge is 0.330 e. The van der Waals surface area contributed by atoms with Crippen LogP contribution in [0.1, 0.15) is 22.7 Å². The lowest BCUT2D eigenvalue weighted by atomic mass is 9.90. The number of benzene rings is 2. The summed E-state index contributed by atoms with van der Waals surface area (Å²) < 4.78 is 0. The third-order valence-electron chi connectivity index (χ3n) is 4.13. The van der Waals surface area contributed by atoms with Gasteiger partial charge >= 0.3 is 0 Å². The molecule has 1 atom stereocenters. The van der Waals surface area contributed by atoms with Crippen molar-refractivity contribution < 1.29 is 4.79 Å². The van der Waals surface area contributed by atoms with Gasteiger partial charge in [0.15, 0.2) is 0 Å². The maximum Gasteiger partial charge on any atom is 0.237 e. The molecule has 2 aromatic rings. The number of amides is 1. The molecule has 22 heavy (non-hydrogen) atoms. The first kappa shape index (κ1) is 15.1. The number of nitrogens with zero attached hydrogens (tertiary/aromatic N) is 1. The van der Waals surface area contributed by atoms with E-state index in [1.807, 2.05) is 35.2 Å². The monoisotopic (exact) mass is 314 g/mol. The third kappa shape index (κ3) is 3.01. The molecule has 1 N–H and O–H groups in total. The topological polar surface area (TPSA) is 32.3 Å². The zero-order valence-electron chi connectivity index (χ0n) is 12.6. The third-order valence-corrected chi connectivity index (χ3v) is 4.37. The van der Waals surface area contributed by atoms with Crippen LogP contribution in [-0.2, 0) is 17.8 Å². The van der Waals surface area contributed by atoms with E-state index in [0.717, 1.165) is 17.0 Å². The fourth-order valence-corrected chi connectivity index (χ4v) is 3.24. The van der Waals surface area contributed by atoms with E-state index in [2.05, 4.69) is 23.5 Å². The average molecular weight is 315 g/mol. The van der Waals surface area contributed by atoms with Crippen LogP contribution in [0.25, 0.3) is 0 Å². The van der Waals surface area contributed by atoms with Crippen molar-refractivity contribution in [3.8, 4) is 0 Å². The summed E-state index contributed by atoms with van der Waals surface area (Å²) in [4.78, 5) is 14.5. The van der Waals surface area contributed by atoms with Crippen LogP contribution in [-0.4, -0.2) is 24.4 Å². The summed E-state index contributed by atoms with van der Waals surface area (Å²) in [6, 6.07) is 16.3. The lowest BCUT2D eigenvalue weighted by Gasteiger charge is -2.37. The van der Waals surface area contributed by atoms with Crippen molar-refractivity contribution in [3.05, 3.63) is 70.2 Å². The van der Waals surface area contributed by atoms with Gasteiger partial charge in [-0.15, -0.1) is 0 Å². The molecule has 0 saturated heterocycles. The number of halogens is 1. The second-order valence-corrected chi connectivity index (χ2v) is 6.03. The van der Waals surface area contributed by atoms with Gasteiger partial charge in [0, 0.05) is 11.6 Å². The Hall–Kier alpha value is -1.84. The Balaban J connectivity index is 1.98. The zero-order valence-corrected chi connectivity index (χ0v) is 13.3. The highest BCUT2D eigenvalue weighted by molar-refractivity contribution is 6.30. The van der Waals surface area contributed by atoms with Crippen molar-refractivity contribution in [2.75, 3.05) is 13.6 Å². The average Bonchev–Trinajstić information content (AvgIpc) is 2.54. The number of carbonyl (C=O) groups excluding carboxylic acids is 1. The van der Waals surface area contributed by atoms with Gasteiger partial charge in [-0.3, -0.25) is 4.79 Å². The van der Waals surface area contributed by atoms with Gasteiger partial charge in [0.25, 0.3) is 0 Å². The number of nitrogens with one attached hydrogen (secondary N) is 1. The van der Waals surface area contributed by atoms with Crippen molar-refractivity contribution >= 4 is 17.5 Å². The van der Waals surface area contributed by atoms with Crippen LogP contribution in [0.15, 0.2) is 48.5 Å². The fourth-order valence-electron chi connectivity index (χ4n) is 3.04. The van der Waals surface area contributed by atoms with E-state index in [9.17, 15) is 4.79 Å². The van der Waals surface area contributed by atoms with E-state index in [1.54, 1.807) is 7.05 Å². The molecule has 0 fully saturated rings. The van der Waals surface area contributed by atoms with Gasteiger partial charge < -0.3 is 10.2 Å². The van der Waals surface area contributed by atoms with Gasteiger partial charge in [0.1, 0.15) is 0 Å². The molecule has 0 saturated carbocycles. The van der Waals surface area contributed by atoms with E-state index in [1.165, 1.54) is 11.1 Å². The van der Waals surface area contributed by atoms with Crippen molar-refractivity contribution in [1.29, 1.82) is 0 Å². The van der Waals surface area contributed by atoms with Gasteiger partial charge in [-0.2, -0.15) is 0 Å². The molecule has 4 heteroatoms. The van der Waals surface area contributed by atoms with E-state index >= 15 is 0 Å². The summed E-state index contributed by atoms with van der Waals surface area (Å²) in [5.41, 5.74) is 3.59. The second-order valence-electron chi connectivity index (χ2n) is 5.60. The molecule has 0 spiro atoms. The molecular formula is C18H19ClN2O. The first-order valence-corrected chi connectivity index (χ1v) is 7.83. The molecule has 1 amide bonds. The summed E-state index contributed by atoms with van der Waals surface area (Å²) in [6.07, 6.45) is 0.825. The minimum atomic E-state index is 0.0794. The maximum absolute atomic E-state index is 12.5. The van der Waals surface area contributed by atoms with Gasteiger partial charge in [-0.05, 0) is 42.3 Å². The van der Waals surface area contributed by atoms with Crippen LogP contribution < -0.4 is 5.32 Å². The SMILES string of the molecule is CNCC(=O)N1Cc2cc(Cl)ccc2CC1c1ccccc1. The molecule has 1 heterocycles. The van der Waals surface area contributed by atoms with Crippen molar-refractivity contribution in [3.63, 3.8) is 0 Å². The van der Waals surface area contributed by atoms with Crippen molar-refractivity contribution in [2.24, 2.45) is 0 Å². The zero-order chi connectivity index (χ0) is 15.5. The number of likely N-dealkylation sites (N-methyl/N-ethyl adjacent to an activating group) is 1. The fraction of sp³-hybridized carbons (Fsp3) is 0.278. The molecule has 1 aliphatic heterocycles. The van der Waals surface area contributed by atoms with Gasteiger partial charge in [0.2, 0.25) is 5.91 Å². The van der Waals surface area contributed by atoms with Gasteiger partial charge in [-0.1, -0.05) is 48.0 Å². The molecule has 1 aliphatic rings. The van der Waals surface area contributed by atoms with E-state index < -0.39 is 0 Å². The predicted octanol–water partition coefficient (Wildman–Crippen LogP) is 3.19. The summed E-state index contributed by atoms with van der Waals surface area (Å²) in [5.74, 6) is 0.113. The minimum absolute atomic E-state index is 0.0794. The van der Waals surface area contributed by atoms with Crippen LogP contribution >= 0.6 is 11.6 Å². The van der Waals surface area contributed by atoms with Crippen LogP contribution in [0.5, 0.6) is 0 Å². The highest BCUT2D eigenvalue weighted by Crippen LogP contribution is 2.34. The van der Waals surface area contributed by atoms with E-state index in [0.29, 0.717) is 13.1 Å². The predicted molar refractivity (Wildman–Crippen MR) is 88.8 cm³/mol. The maximum atomic E-state index is 12.5. The number of carbonyl (C=O) groups is 1. The van der Waals surface area contributed by atoms with E-state index in [4.69, 9.17) is 11.6 Å².